The molecule has 0 atom stereocenters. The quantitative estimate of drug-likeness (QED) is 0.847. The van der Waals surface area contributed by atoms with Crippen molar-refractivity contribution < 1.29 is 18.4 Å². The van der Waals surface area contributed by atoms with Gasteiger partial charge in [-0.15, -0.1) is 0 Å². The monoisotopic (exact) mass is 358 g/mol. The first-order valence-corrected chi connectivity index (χ1v) is 8.61. The maximum absolute atomic E-state index is 13.8. The van der Waals surface area contributed by atoms with Crippen LogP contribution in [0.15, 0.2) is 48.5 Å². The minimum absolute atomic E-state index is 0.00602. The highest BCUT2D eigenvalue weighted by molar-refractivity contribution is 5.94. The van der Waals surface area contributed by atoms with Crippen LogP contribution in [0.25, 0.3) is 0 Å². The molecular weight excluding hydrogens is 338 g/mol. The summed E-state index contributed by atoms with van der Waals surface area (Å²) in [5, 5.41) is 0. The number of rotatable bonds is 3. The van der Waals surface area contributed by atoms with E-state index in [1.54, 1.807) is 34.1 Å². The Hall–Kier alpha value is -2.76. The fourth-order valence-electron chi connectivity index (χ4n) is 3.09. The van der Waals surface area contributed by atoms with Crippen molar-refractivity contribution in [2.75, 3.05) is 26.2 Å². The van der Waals surface area contributed by atoms with E-state index in [9.17, 15) is 18.4 Å². The van der Waals surface area contributed by atoms with E-state index in [-0.39, 0.29) is 23.8 Å². The number of nitrogens with zero attached hydrogens (tertiary/aromatic N) is 2. The van der Waals surface area contributed by atoms with E-state index in [0.29, 0.717) is 38.2 Å². The summed E-state index contributed by atoms with van der Waals surface area (Å²) in [6.45, 7) is 1.63. The second kappa shape index (κ2) is 8.08. The van der Waals surface area contributed by atoms with E-state index in [0.717, 1.165) is 0 Å². The molecule has 2 aromatic carbocycles. The molecule has 0 saturated carbocycles. The zero-order valence-electron chi connectivity index (χ0n) is 14.3. The van der Waals surface area contributed by atoms with Crippen molar-refractivity contribution in [3.63, 3.8) is 0 Å². The van der Waals surface area contributed by atoms with Gasteiger partial charge in [-0.1, -0.05) is 30.3 Å². The van der Waals surface area contributed by atoms with Gasteiger partial charge in [-0.2, -0.15) is 0 Å². The van der Waals surface area contributed by atoms with Gasteiger partial charge in [0, 0.05) is 26.2 Å². The van der Waals surface area contributed by atoms with E-state index in [1.807, 2.05) is 0 Å². The average molecular weight is 358 g/mol. The first-order valence-electron chi connectivity index (χ1n) is 8.61. The Morgan fingerprint density at radius 1 is 0.808 bits per heavy atom. The Labute approximate surface area is 151 Å². The fourth-order valence-corrected chi connectivity index (χ4v) is 3.09. The van der Waals surface area contributed by atoms with Gasteiger partial charge in [-0.05, 0) is 30.2 Å². The molecule has 3 rings (SSSR count). The van der Waals surface area contributed by atoms with E-state index >= 15 is 0 Å². The molecule has 1 aliphatic rings. The van der Waals surface area contributed by atoms with Crippen molar-refractivity contribution in [3.8, 4) is 0 Å². The SMILES string of the molecule is O=C(Cc1ccccc1F)N1CCCN(C(=O)c2ccccc2F)CC1. The van der Waals surface area contributed by atoms with Gasteiger partial charge in [-0.3, -0.25) is 9.59 Å². The van der Waals surface area contributed by atoms with Gasteiger partial charge in [0.1, 0.15) is 11.6 Å². The summed E-state index contributed by atoms with van der Waals surface area (Å²) in [6.07, 6.45) is 0.594. The van der Waals surface area contributed by atoms with Crippen LogP contribution < -0.4 is 0 Å². The van der Waals surface area contributed by atoms with Crippen LogP contribution in [0.5, 0.6) is 0 Å². The third kappa shape index (κ3) is 4.07. The number of hydrogen-bond acceptors (Lipinski definition) is 2. The summed E-state index contributed by atoms with van der Waals surface area (Å²) in [5.74, 6) is -1.48. The zero-order chi connectivity index (χ0) is 18.5. The molecule has 1 saturated heterocycles. The summed E-state index contributed by atoms with van der Waals surface area (Å²) in [7, 11) is 0. The van der Waals surface area contributed by atoms with Crippen molar-refractivity contribution in [1.29, 1.82) is 0 Å². The molecule has 0 spiro atoms. The second-order valence-electron chi connectivity index (χ2n) is 6.27. The van der Waals surface area contributed by atoms with Gasteiger partial charge in [0.2, 0.25) is 5.91 Å². The largest absolute Gasteiger partial charge is 0.341 e. The molecular formula is C20H20F2N2O2. The number of carbonyl (C=O) groups excluding carboxylic acids is 2. The number of hydrogen-bond donors (Lipinski definition) is 0. The first kappa shape index (κ1) is 18.0. The Morgan fingerprint density at radius 2 is 1.42 bits per heavy atom. The van der Waals surface area contributed by atoms with Crippen molar-refractivity contribution in [2.24, 2.45) is 0 Å². The van der Waals surface area contributed by atoms with Crippen LogP contribution in [-0.4, -0.2) is 47.8 Å². The molecule has 1 aliphatic heterocycles. The highest BCUT2D eigenvalue weighted by atomic mass is 19.1. The summed E-state index contributed by atoms with van der Waals surface area (Å²) < 4.78 is 27.6. The van der Waals surface area contributed by atoms with E-state index in [2.05, 4.69) is 0 Å². The van der Waals surface area contributed by atoms with E-state index in [1.165, 1.54) is 24.3 Å². The Balaban J connectivity index is 1.63. The molecule has 136 valence electrons. The van der Waals surface area contributed by atoms with Crippen LogP contribution in [0.3, 0.4) is 0 Å². The fraction of sp³-hybridized carbons (Fsp3) is 0.300. The van der Waals surface area contributed by atoms with Crippen LogP contribution in [0, 0.1) is 11.6 Å². The number of carbonyl (C=O) groups is 2. The minimum Gasteiger partial charge on any atom is -0.341 e. The van der Waals surface area contributed by atoms with Crippen molar-refractivity contribution in [1.82, 2.24) is 9.80 Å². The molecule has 2 aromatic rings. The lowest BCUT2D eigenvalue weighted by atomic mass is 10.1. The van der Waals surface area contributed by atoms with Gasteiger partial charge in [-0.25, -0.2) is 8.78 Å². The summed E-state index contributed by atoms with van der Waals surface area (Å²) >= 11 is 0. The third-order valence-corrected chi connectivity index (χ3v) is 4.54. The van der Waals surface area contributed by atoms with Crippen molar-refractivity contribution in [3.05, 3.63) is 71.3 Å². The number of benzene rings is 2. The number of amides is 2. The van der Waals surface area contributed by atoms with Crippen molar-refractivity contribution >= 4 is 11.8 Å². The minimum atomic E-state index is -0.547. The van der Waals surface area contributed by atoms with Gasteiger partial charge in [0.15, 0.2) is 0 Å². The maximum Gasteiger partial charge on any atom is 0.256 e. The predicted octanol–water partition coefficient (Wildman–Crippen LogP) is 2.88. The predicted molar refractivity (Wildman–Crippen MR) is 93.6 cm³/mol. The van der Waals surface area contributed by atoms with E-state index < -0.39 is 11.6 Å². The zero-order valence-corrected chi connectivity index (χ0v) is 14.3. The molecule has 1 fully saturated rings. The molecule has 0 aromatic heterocycles. The van der Waals surface area contributed by atoms with Gasteiger partial charge in [0.25, 0.3) is 5.91 Å². The molecule has 26 heavy (non-hydrogen) atoms. The summed E-state index contributed by atoms with van der Waals surface area (Å²) in [6, 6.07) is 12.1. The number of halogens is 2. The second-order valence-corrected chi connectivity index (χ2v) is 6.27. The lowest BCUT2D eigenvalue weighted by Gasteiger charge is -2.22. The molecule has 6 heteroatoms. The molecule has 0 radical (unpaired) electrons. The summed E-state index contributed by atoms with van der Waals surface area (Å²) in [4.78, 5) is 28.2. The Kier molecular flexibility index (Phi) is 5.61. The third-order valence-electron chi connectivity index (χ3n) is 4.54. The Bertz CT molecular complexity index is 810. The van der Waals surface area contributed by atoms with E-state index in [4.69, 9.17) is 0 Å². The Morgan fingerprint density at radius 3 is 2.15 bits per heavy atom. The lowest BCUT2D eigenvalue weighted by molar-refractivity contribution is -0.130. The normalized spacial score (nSPS) is 14.8. The molecule has 1 heterocycles. The van der Waals surface area contributed by atoms with Crippen LogP contribution in [0.2, 0.25) is 0 Å². The van der Waals surface area contributed by atoms with Gasteiger partial charge in [0.05, 0.1) is 12.0 Å². The lowest BCUT2D eigenvalue weighted by Crippen LogP contribution is -2.38. The topological polar surface area (TPSA) is 40.6 Å². The highest BCUT2D eigenvalue weighted by Gasteiger charge is 2.24. The van der Waals surface area contributed by atoms with Crippen LogP contribution in [0.4, 0.5) is 8.78 Å². The molecule has 0 aliphatic carbocycles. The maximum atomic E-state index is 13.8. The first-order chi connectivity index (χ1) is 12.6. The highest BCUT2D eigenvalue weighted by Crippen LogP contribution is 2.14. The summed E-state index contributed by atoms with van der Waals surface area (Å²) in [5.41, 5.74) is 0.402. The molecule has 2 amide bonds. The smallest absolute Gasteiger partial charge is 0.256 e. The van der Waals surface area contributed by atoms with Crippen LogP contribution in [-0.2, 0) is 11.2 Å². The van der Waals surface area contributed by atoms with Crippen LogP contribution >= 0.6 is 0 Å². The van der Waals surface area contributed by atoms with Gasteiger partial charge < -0.3 is 9.80 Å². The molecule has 0 N–H and O–H groups in total. The molecule has 0 bridgehead atoms. The molecule has 4 nitrogen and oxygen atoms in total. The van der Waals surface area contributed by atoms with Crippen LogP contribution in [0.1, 0.15) is 22.3 Å². The van der Waals surface area contributed by atoms with Crippen molar-refractivity contribution in [2.45, 2.75) is 12.8 Å². The molecule has 0 unspecified atom stereocenters. The average Bonchev–Trinajstić information content (AvgIpc) is 2.90. The van der Waals surface area contributed by atoms with Gasteiger partial charge >= 0.3 is 0 Å². The standard InChI is InChI=1S/C20H20F2N2O2/c21-17-8-3-1-6-15(17)14-19(25)23-10-5-11-24(13-12-23)20(26)16-7-2-4-9-18(16)22/h1-4,6-9H,5,10-14H2.